The average Bonchev–Trinajstić information content (AvgIpc) is 3.40. The van der Waals surface area contributed by atoms with Crippen LogP contribution in [0.5, 0.6) is 0 Å². The number of likely N-dealkylation sites (tertiary alicyclic amines) is 1. The maximum Gasteiger partial charge on any atom is 0.345 e. The Hall–Kier alpha value is -2.88. The highest BCUT2D eigenvalue weighted by Gasteiger charge is 2.28. The third-order valence-corrected chi connectivity index (χ3v) is 6.72. The van der Waals surface area contributed by atoms with E-state index in [9.17, 15) is 14.7 Å². The number of carboxylic acid groups (broad SMARTS) is 1. The number of amides is 1. The smallest absolute Gasteiger partial charge is 0.345 e. The van der Waals surface area contributed by atoms with Crippen LogP contribution in [-0.2, 0) is 11.2 Å². The first kappa shape index (κ1) is 23.8. The molecular formula is C26H29NO4S. The van der Waals surface area contributed by atoms with Crippen molar-refractivity contribution in [3.63, 3.8) is 0 Å². The number of aliphatic hydroxyl groups excluding tert-OH is 1. The van der Waals surface area contributed by atoms with Gasteiger partial charge in [0.25, 0.3) is 0 Å². The van der Waals surface area contributed by atoms with Gasteiger partial charge < -0.3 is 15.1 Å². The van der Waals surface area contributed by atoms with Crippen molar-refractivity contribution in [2.24, 2.45) is 5.92 Å². The van der Waals surface area contributed by atoms with Crippen LogP contribution in [0.2, 0.25) is 0 Å². The second-order valence-corrected chi connectivity index (χ2v) is 9.21. The highest BCUT2D eigenvalue weighted by Crippen LogP contribution is 2.21. The number of nitrogens with zero attached hydrogens (tertiary/aromatic N) is 1. The summed E-state index contributed by atoms with van der Waals surface area (Å²) in [7, 11) is 0. The number of aryl methyl sites for hydroxylation is 1. The van der Waals surface area contributed by atoms with Crippen LogP contribution < -0.4 is 0 Å². The standard InChI is InChI=1S/C26H29NO4S/c1-19(7-5-10-20-8-3-2-4-9-20)23(28)15-12-21-13-17-25(29)27(21)18-6-11-22-14-16-24(32-22)26(30)31/h2-4,8-9,12,14-16,19,21,23,28H,5,7,10,13,17-18H2,1H3,(H,30,31)/b15-12+/t19?,21-,23+/m0/s1. The number of carbonyl (C=O) groups excluding carboxylic acids is 1. The van der Waals surface area contributed by atoms with Gasteiger partial charge in [-0.2, -0.15) is 0 Å². The third-order valence-electron chi connectivity index (χ3n) is 5.73. The second kappa shape index (κ2) is 11.7. The largest absolute Gasteiger partial charge is 0.477 e. The zero-order valence-electron chi connectivity index (χ0n) is 18.2. The zero-order valence-corrected chi connectivity index (χ0v) is 19.1. The Bertz CT molecular complexity index is 1000. The van der Waals surface area contributed by atoms with Gasteiger partial charge in [0.05, 0.1) is 23.6 Å². The van der Waals surface area contributed by atoms with Gasteiger partial charge in [-0.05, 0) is 49.3 Å². The average molecular weight is 452 g/mol. The number of hydrogen-bond donors (Lipinski definition) is 2. The first-order valence-corrected chi connectivity index (χ1v) is 11.8. The monoisotopic (exact) mass is 451 g/mol. The number of hydrogen-bond acceptors (Lipinski definition) is 4. The highest BCUT2D eigenvalue weighted by atomic mass is 32.1. The lowest BCUT2D eigenvalue weighted by atomic mass is 9.95. The van der Waals surface area contributed by atoms with Crippen LogP contribution >= 0.6 is 11.3 Å². The fraction of sp³-hybridized carbons (Fsp3) is 0.385. The van der Waals surface area contributed by atoms with Crippen LogP contribution in [-0.4, -0.2) is 45.7 Å². The van der Waals surface area contributed by atoms with Crippen molar-refractivity contribution in [3.8, 4) is 11.8 Å². The van der Waals surface area contributed by atoms with Crippen LogP contribution in [0.15, 0.2) is 54.6 Å². The van der Waals surface area contributed by atoms with Crippen molar-refractivity contribution in [2.75, 3.05) is 6.54 Å². The van der Waals surface area contributed by atoms with Gasteiger partial charge >= 0.3 is 5.97 Å². The first-order chi connectivity index (χ1) is 15.4. The van der Waals surface area contributed by atoms with E-state index in [2.05, 4.69) is 30.9 Å². The number of carboxylic acids is 1. The van der Waals surface area contributed by atoms with Crippen LogP contribution in [0.25, 0.3) is 0 Å². The number of aromatic carboxylic acids is 1. The molecule has 1 amide bonds. The Balaban J connectivity index is 1.49. The van der Waals surface area contributed by atoms with Crippen molar-refractivity contribution in [1.82, 2.24) is 4.90 Å². The Morgan fingerprint density at radius 1 is 1.28 bits per heavy atom. The number of benzene rings is 1. The quantitative estimate of drug-likeness (QED) is 0.439. The van der Waals surface area contributed by atoms with E-state index >= 15 is 0 Å². The molecule has 2 aromatic rings. The minimum atomic E-state index is -0.962. The summed E-state index contributed by atoms with van der Waals surface area (Å²) in [4.78, 5) is 25.9. The maximum atomic E-state index is 12.3. The molecule has 0 spiro atoms. The van der Waals surface area contributed by atoms with Crippen molar-refractivity contribution >= 4 is 23.2 Å². The van der Waals surface area contributed by atoms with E-state index in [1.54, 1.807) is 11.0 Å². The molecule has 1 saturated heterocycles. The lowest BCUT2D eigenvalue weighted by Crippen LogP contribution is -2.32. The third kappa shape index (κ3) is 6.81. The summed E-state index contributed by atoms with van der Waals surface area (Å²) in [5.74, 6) is 5.16. The molecule has 1 fully saturated rings. The molecule has 6 heteroatoms. The lowest BCUT2D eigenvalue weighted by molar-refractivity contribution is -0.127. The number of rotatable bonds is 9. The van der Waals surface area contributed by atoms with Crippen molar-refractivity contribution in [3.05, 3.63) is 69.9 Å². The van der Waals surface area contributed by atoms with Gasteiger partial charge in [-0.25, -0.2) is 4.79 Å². The molecule has 1 unspecified atom stereocenters. The minimum absolute atomic E-state index is 0.0525. The normalized spacial score (nSPS) is 17.9. The molecule has 2 heterocycles. The first-order valence-electron chi connectivity index (χ1n) is 11.0. The minimum Gasteiger partial charge on any atom is -0.477 e. The van der Waals surface area contributed by atoms with Gasteiger partial charge in [0.1, 0.15) is 4.88 Å². The van der Waals surface area contributed by atoms with E-state index in [-0.39, 0.29) is 29.3 Å². The fourth-order valence-electron chi connectivity index (χ4n) is 3.77. The van der Waals surface area contributed by atoms with E-state index < -0.39 is 12.1 Å². The molecule has 1 aromatic carbocycles. The number of carbonyl (C=O) groups is 2. The van der Waals surface area contributed by atoms with E-state index in [4.69, 9.17) is 5.11 Å². The van der Waals surface area contributed by atoms with Crippen LogP contribution in [0.3, 0.4) is 0 Å². The number of thiophene rings is 1. The van der Waals surface area contributed by atoms with Gasteiger partial charge in [0, 0.05) is 6.42 Å². The van der Waals surface area contributed by atoms with Crippen molar-refractivity contribution < 1.29 is 19.8 Å². The van der Waals surface area contributed by atoms with E-state index in [1.807, 2.05) is 30.4 Å². The topological polar surface area (TPSA) is 77.8 Å². The molecule has 1 aromatic heterocycles. The molecule has 2 N–H and O–H groups in total. The molecule has 5 nitrogen and oxygen atoms in total. The molecule has 0 aliphatic carbocycles. The highest BCUT2D eigenvalue weighted by molar-refractivity contribution is 7.14. The van der Waals surface area contributed by atoms with Crippen molar-refractivity contribution in [2.45, 2.75) is 51.2 Å². The summed E-state index contributed by atoms with van der Waals surface area (Å²) >= 11 is 1.12. The Labute approximate surface area is 193 Å². The Morgan fingerprint density at radius 2 is 2.06 bits per heavy atom. The molecule has 3 rings (SSSR count). The maximum absolute atomic E-state index is 12.3. The van der Waals surface area contributed by atoms with Gasteiger partial charge in [0.15, 0.2) is 0 Å². The molecule has 168 valence electrons. The lowest BCUT2D eigenvalue weighted by Gasteiger charge is -2.21. The molecule has 0 bridgehead atoms. The molecule has 32 heavy (non-hydrogen) atoms. The van der Waals surface area contributed by atoms with E-state index in [1.165, 1.54) is 11.6 Å². The molecular weight excluding hydrogens is 422 g/mol. The number of aliphatic hydroxyl groups is 1. The van der Waals surface area contributed by atoms with Crippen molar-refractivity contribution in [1.29, 1.82) is 0 Å². The predicted molar refractivity (Wildman–Crippen MR) is 127 cm³/mol. The van der Waals surface area contributed by atoms with E-state index in [0.29, 0.717) is 17.7 Å². The molecule has 3 atom stereocenters. The zero-order chi connectivity index (χ0) is 22.9. The molecule has 1 aliphatic heterocycles. The predicted octanol–water partition coefficient (Wildman–Crippen LogP) is 4.36. The van der Waals surface area contributed by atoms with Crippen LogP contribution in [0.4, 0.5) is 0 Å². The molecule has 0 radical (unpaired) electrons. The summed E-state index contributed by atoms with van der Waals surface area (Å²) in [6, 6.07) is 13.5. The van der Waals surface area contributed by atoms with Gasteiger partial charge in [-0.3, -0.25) is 4.79 Å². The Kier molecular flexibility index (Phi) is 8.66. The summed E-state index contributed by atoms with van der Waals surface area (Å²) in [6.07, 6.45) is 7.34. The summed E-state index contributed by atoms with van der Waals surface area (Å²) < 4.78 is 0. The van der Waals surface area contributed by atoms with Gasteiger partial charge in [-0.15, -0.1) is 11.3 Å². The summed E-state index contributed by atoms with van der Waals surface area (Å²) in [5, 5.41) is 19.5. The Morgan fingerprint density at radius 3 is 2.78 bits per heavy atom. The molecule has 0 saturated carbocycles. The fourth-order valence-corrected chi connectivity index (χ4v) is 4.49. The van der Waals surface area contributed by atoms with Crippen LogP contribution in [0.1, 0.15) is 52.7 Å². The molecule has 1 aliphatic rings. The second-order valence-electron chi connectivity index (χ2n) is 8.13. The van der Waals surface area contributed by atoms with Gasteiger partial charge in [0.2, 0.25) is 5.91 Å². The van der Waals surface area contributed by atoms with Crippen LogP contribution in [0, 0.1) is 17.8 Å². The summed E-state index contributed by atoms with van der Waals surface area (Å²) in [5.41, 5.74) is 1.31. The SMILES string of the molecule is CC(CCCc1ccccc1)[C@H](O)/C=C/[C@H]1CCC(=O)N1CC#Cc1ccc(C(=O)O)s1. The summed E-state index contributed by atoms with van der Waals surface area (Å²) in [6.45, 7) is 2.34. The van der Waals surface area contributed by atoms with Gasteiger partial charge in [-0.1, -0.05) is 61.2 Å². The van der Waals surface area contributed by atoms with E-state index in [0.717, 1.165) is 30.6 Å².